The molecule has 0 saturated heterocycles. The lowest BCUT2D eigenvalue weighted by atomic mass is 10.2. The molecular formula is C16H9ClF2N2OS. The molecule has 7 heteroatoms. The summed E-state index contributed by atoms with van der Waals surface area (Å²) >= 11 is 7.08. The molecule has 3 rings (SSSR count). The number of rotatable bonds is 3. The second-order valence-corrected chi connectivity index (χ2v) is 5.89. The van der Waals surface area contributed by atoms with Crippen molar-refractivity contribution in [2.75, 3.05) is 5.32 Å². The van der Waals surface area contributed by atoms with E-state index in [1.807, 2.05) is 0 Å². The van der Waals surface area contributed by atoms with Crippen LogP contribution in [0.25, 0.3) is 11.3 Å². The van der Waals surface area contributed by atoms with E-state index >= 15 is 0 Å². The van der Waals surface area contributed by atoms with Gasteiger partial charge >= 0.3 is 0 Å². The van der Waals surface area contributed by atoms with Gasteiger partial charge in [0.25, 0.3) is 5.91 Å². The van der Waals surface area contributed by atoms with Crippen LogP contribution in [-0.2, 0) is 0 Å². The molecule has 0 aliphatic heterocycles. The summed E-state index contributed by atoms with van der Waals surface area (Å²) in [5, 5.41) is 4.75. The van der Waals surface area contributed by atoms with E-state index in [2.05, 4.69) is 10.3 Å². The molecule has 0 saturated carbocycles. The Labute approximate surface area is 139 Å². The van der Waals surface area contributed by atoms with Crippen LogP contribution in [0.3, 0.4) is 0 Å². The zero-order valence-electron chi connectivity index (χ0n) is 11.5. The highest BCUT2D eigenvalue weighted by Gasteiger charge is 2.13. The number of hydrogen-bond acceptors (Lipinski definition) is 3. The van der Waals surface area contributed by atoms with Crippen LogP contribution in [0.1, 0.15) is 10.4 Å². The monoisotopic (exact) mass is 350 g/mol. The molecule has 1 amide bonds. The number of thiazole rings is 1. The fourth-order valence-corrected chi connectivity index (χ4v) is 2.89. The van der Waals surface area contributed by atoms with Crippen molar-refractivity contribution in [3.05, 3.63) is 70.1 Å². The van der Waals surface area contributed by atoms with Gasteiger partial charge in [0, 0.05) is 10.9 Å². The van der Waals surface area contributed by atoms with Crippen molar-refractivity contribution in [1.82, 2.24) is 4.98 Å². The zero-order chi connectivity index (χ0) is 16.4. The Morgan fingerprint density at radius 1 is 1.09 bits per heavy atom. The molecule has 2 aromatic carbocycles. The van der Waals surface area contributed by atoms with Gasteiger partial charge in [-0.05, 0) is 42.5 Å². The largest absolute Gasteiger partial charge is 0.298 e. The van der Waals surface area contributed by atoms with Crippen LogP contribution in [0.4, 0.5) is 13.9 Å². The van der Waals surface area contributed by atoms with Crippen molar-refractivity contribution < 1.29 is 13.6 Å². The minimum Gasteiger partial charge on any atom is -0.298 e. The van der Waals surface area contributed by atoms with Crippen molar-refractivity contribution in [2.24, 2.45) is 0 Å². The SMILES string of the molecule is O=C(Nc1nc(-c2ccc(F)cc2)cs1)c1ccc(F)cc1Cl. The molecule has 1 heterocycles. The molecule has 0 fully saturated rings. The summed E-state index contributed by atoms with van der Waals surface area (Å²) in [6.45, 7) is 0. The van der Waals surface area contributed by atoms with E-state index in [0.717, 1.165) is 17.7 Å². The smallest absolute Gasteiger partial charge is 0.258 e. The van der Waals surface area contributed by atoms with E-state index in [1.54, 1.807) is 17.5 Å². The maximum Gasteiger partial charge on any atom is 0.258 e. The average molecular weight is 351 g/mol. The number of carbonyl (C=O) groups is 1. The molecule has 116 valence electrons. The van der Waals surface area contributed by atoms with Crippen molar-refractivity contribution in [3.63, 3.8) is 0 Å². The van der Waals surface area contributed by atoms with Crippen LogP contribution in [0.2, 0.25) is 5.02 Å². The lowest BCUT2D eigenvalue weighted by molar-refractivity contribution is 0.102. The fraction of sp³-hybridized carbons (Fsp3) is 0. The lowest BCUT2D eigenvalue weighted by Gasteiger charge is -2.04. The third kappa shape index (κ3) is 3.55. The third-order valence-corrected chi connectivity index (χ3v) is 4.11. The quantitative estimate of drug-likeness (QED) is 0.722. The summed E-state index contributed by atoms with van der Waals surface area (Å²) in [4.78, 5) is 16.4. The first-order valence-corrected chi connectivity index (χ1v) is 7.76. The molecule has 3 aromatic rings. The molecule has 0 atom stereocenters. The molecular weight excluding hydrogens is 342 g/mol. The Balaban J connectivity index is 1.78. The molecule has 0 unspecified atom stereocenters. The van der Waals surface area contributed by atoms with Crippen LogP contribution in [0.5, 0.6) is 0 Å². The highest BCUT2D eigenvalue weighted by atomic mass is 35.5. The van der Waals surface area contributed by atoms with Gasteiger partial charge in [-0.3, -0.25) is 10.1 Å². The highest BCUT2D eigenvalue weighted by Crippen LogP contribution is 2.26. The number of nitrogens with zero attached hydrogens (tertiary/aromatic N) is 1. The molecule has 3 nitrogen and oxygen atoms in total. The molecule has 1 N–H and O–H groups in total. The molecule has 1 aromatic heterocycles. The van der Waals surface area contributed by atoms with E-state index in [1.165, 1.54) is 29.5 Å². The second kappa shape index (κ2) is 6.44. The van der Waals surface area contributed by atoms with Gasteiger partial charge in [-0.2, -0.15) is 0 Å². The van der Waals surface area contributed by atoms with Gasteiger partial charge in [0.1, 0.15) is 11.6 Å². The van der Waals surface area contributed by atoms with Crippen LogP contribution in [-0.4, -0.2) is 10.9 Å². The lowest BCUT2D eigenvalue weighted by Crippen LogP contribution is -2.12. The first kappa shape index (κ1) is 15.6. The summed E-state index contributed by atoms with van der Waals surface area (Å²) in [5.41, 5.74) is 1.52. The van der Waals surface area contributed by atoms with Crippen LogP contribution in [0.15, 0.2) is 47.8 Å². The second-order valence-electron chi connectivity index (χ2n) is 4.62. The Hall–Kier alpha value is -2.31. The van der Waals surface area contributed by atoms with Gasteiger partial charge < -0.3 is 0 Å². The van der Waals surface area contributed by atoms with Crippen molar-refractivity contribution >= 4 is 34.0 Å². The summed E-state index contributed by atoms with van der Waals surface area (Å²) in [6.07, 6.45) is 0. The Morgan fingerprint density at radius 3 is 2.48 bits per heavy atom. The van der Waals surface area contributed by atoms with E-state index in [9.17, 15) is 13.6 Å². The topological polar surface area (TPSA) is 42.0 Å². The van der Waals surface area contributed by atoms with Gasteiger partial charge in [0.15, 0.2) is 5.13 Å². The number of hydrogen-bond donors (Lipinski definition) is 1. The zero-order valence-corrected chi connectivity index (χ0v) is 13.1. The minimum absolute atomic E-state index is 0.0258. The summed E-state index contributed by atoms with van der Waals surface area (Å²) < 4.78 is 25.9. The Morgan fingerprint density at radius 2 is 1.78 bits per heavy atom. The third-order valence-electron chi connectivity index (χ3n) is 3.04. The number of amides is 1. The summed E-state index contributed by atoms with van der Waals surface area (Å²) in [5.74, 6) is -1.32. The fourth-order valence-electron chi connectivity index (χ4n) is 1.92. The number of anilines is 1. The van der Waals surface area contributed by atoms with Crippen LogP contribution < -0.4 is 5.32 Å². The Bertz CT molecular complexity index is 865. The summed E-state index contributed by atoms with van der Waals surface area (Å²) in [6, 6.07) is 9.42. The first-order valence-electron chi connectivity index (χ1n) is 6.51. The van der Waals surface area contributed by atoms with Gasteiger partial charge in [-0.15, -0.1) is 11.3 Å². The van der Waals surface area contributed by atoms with E-state index in [-0.39, 0.29) is 16.4 Å². The van der Waals surface area contributed by atoms with Crippen LogP contribution >= 0.6 is 22.9 Å². The molecule has 0 radical (unpaired) electrons. The van der Waals surface area contributed by atoms with Crippen molar-refractivity contribution in [2.45, 2.75) is 0 Å². The van der Waals surface area contributed by atoms with Gasteiger partial charge in [0.2, 0.25) is 0 Å². The predicted molar refractivity (Wildman–Crippen MR) is 86.9 cm³/mol. The molecule has 23 heavy (non-hydrogen) atoms. The van der Waals surface area contributed by atoms with Crippen LogP contribution in [0, 0.1) is 11.6 Å². The molecule has 0 spiro atoms. The predicted octanol–water partition coefficient (Wildman–Crippen LogP) is 4.99. The number of halogens is 3. The normalized spacial score (nSPS) is 10.6. The van der Waals surface area contributed by atoms with E-state index < -0.39 is 11.7 Å². The van der Waals surface area contributed by atoms with E-state index in [4.69, 9.17) is 11.6 Å². The maximum atomic E-state index is 13.0. The van der Waals surface area contributed by atoms with Crippen molar-refractivity contribution in [3.8, 4) is 11.3 Å². The maximum absolute atomic E-state index is 13.0. The average Bonchev–Trinajstić information content (AvgIpc) is 2.96. The van der Waals surface area contributed by atoms with Crippen molar-refractivity contribution in [1.29, 1.82) is 0 Å². The Kier molecular flexibility index (Phi) is 4.36. The number of carbonyl (C=O) groups excluding carboxylic acids is 1. The highest BCUT2D eigenvalue weighted by molar-refractivity contribution is 7.14. The van der Waals surface area contributed by atoms with Gasteiger partial charge in [-0.1, -0.05) is 11.6 Å². The number of aromatic nitrogens is 1. The molecule has 0 aliphatic carbocycles. The number of benzene rings is 2. The molecule has 0 bridgehead atoms. The molecule has 0 aliphatic rings. The standard InChI is InChI=1S/C16H9ClF2N2OS/c17-13-7-11(19)5-6-12(13)15(22)21-16-20-14(8-23-16)9-1-3-10(18)4-2-9/h1-8H,(H,20,21,22). The van der Waals surface area contributed by atoms with E-state index in [0.29, 0.717) is 10.8 Å². The van der Waals surface area contributed by atoms with Gasteiger partial charge in [0.05, 0.1) is 16.3 Å². The number of nitrogens with one attached hydrogen (secondary N) is 1. The minimum atomic E-state index is -0.514. The van der Waals surface area contributed by atoms with Gasteiger partial charge in [-0.25, -0.2) is 13.8 Å². The summed E-state index contributed by atoms with van der Waals surface area (Å²) in [7, 11) is 0. The first-order chi connectivity index (χ1) is 11.0.